The van der Waals surface area contributed by atoms with Gasteiger partial charge in [-0.15, -0.1) is 12.4 Å². The number of morpholine rings is 1. The van der Waals surface area contributed by atoms with Crippen LogP contribution in [0.25, 0.3) is 0 Å². The molecule has 1 amide bonds. The first-order valence-electron chi connectivity index (χ1n) is 10.5. The SMILES string of the molecule is Cl.NCc1nc(C(=O)N2CCC3(CCc4c3nc(N3CCOCC3)[nH]c4=O)CC2)co1. The number of oxazole rings is 1. The van der Waals surface area contributed by atoms with Gasteiger partial charge in [-0.25, -0.2) is 9.97 Å². The minimum atomic E-state index is -0.145. The van der Waals surface area contributed by atoms with E-state index in [-0.39, 0.29) is 35.8 Å². The van der Waals surface area contributed by atoms with Gasteiger partial charge in [0.2, 0.25) is 11.8 Å². The molecule has 1 aliphatic carbocycles. The van der Waals surface area contributed by atoms with Crippen LogP contribution < -0.4 is 16.2 Å². The quantitative estimate of drug-likeness (QED) is 0.694. The van der Waals surface area contributed by atoms with Crippen molar-refractivity contribution in [1.29, 1.82) is 0 Å². The lowest BCUT2D eigenvalue weighted by Crippen LogP contribution is -2.45. The number of aromatic amines is 1. The summed E-state index contributed by atoms with van der Waals surface area (Å²) in [5.41, 5.74) is 7.36. The van der Waals surface area contributed by atoms with Crippen LogP contribution in [0.1, 0.15) is 46.9 Å². The molecule has 2 aromatic rings. The van der Waals surface area contributed by atoms with Crippen LogP contribution in [-0.2, 0) is 23.1 Å². The van der Waals surface area contributed by atoms with E-state index in [2.05, 4.69) is 14.9 Å². The number of hydrogen-bond acceptors (Lipinski definition) is 8. The van der Waals surface area contributed by atoms with Gasteiger partial charge in [-0.2, -0.15) is 0 Å². The second kappa shape index (κ2) is 8.60. The summed E-state index contributed by atoms with van der Waals surface area (Å²) in [5.74, 6) is 0.855. The molecule has 0 aromatic carbocycles. The molecule has 0 bridgehead atoms. The van der Waals surface area contributed by atoms with Gasteiger partial charge in [-0.1, -0.05) is 0 Å². The lowest BCUT2D eigenvalue weighted by Gasteiger charge is -2.39. The van der Waals surface area contributed by atoms with Crippen LogP contribution in [0.2, 0.25) is 0 Å². The molecule has 10 nitrogen and oxygen atoms in total. The number of piperidine rings is 1. The van der Waals surface area contributed by atoms with E-state index in [1.54, 1.807) is 4.90 Å². The van der Waals surface area contributed by atoms with Crippen molar-refractivity contribution in [2.45, 2.75) is 37.6 Å². The third kappa shape index (κ3) is 3.83. The predicted molar refractivity (Wildman–Crippen MR) is 115 cm³/mol. The number of aromatic nitrogens is 3. The lowest BCUT2D eigenvalue weighted by molar-refractivity contribution is 0.0657. The second-order valence-electron chi connectivity index (χ2n) is 8.22. The summed E-state index contributed by atoms with van der Waals surface area (Å²) in [5, 5.41) is 0. The fourth-order valence-corrected chi connectivity index (χ4v) is 4.85. The van der Waals surface area contributed by atoms with Gasteiger partial charge in [-0.05, 0) is 25.7 Å². The maximum absolute atomic E-state index is 12.8. The molecule has 168 valence electrons. The first kappa shape index (κ1) is 21.8. The zero-order valence-electron chi connectivity index (χ0n) is 17.3. The summed E-state index contributed by atoms with van der Waals surface area (Å²) in [6.45, 7) is 4.08. The van der Waals surface area contributed by atoms with Gasteiger partial charge < -0.3 is 24.7 Å². The maximum atomic E-state index is 12.8. The number of carbonyl (C=O) groups excluding carboxylic acids is 1. The average molecular weight is 451 g/mol. The number of hydrogen-bond donors (Lipinski definition) is 2. The molecule has 4 heterocycles. The number of H-pyrrole nitrogens is 1. The van der Waals surface area contributed by atoms with Crippen LogP contribution in [0.4, 0.5) is 5.95 Å². The minimum Gasteiger partial charge on any atom is -0.447 e. The maximum Gasteiger partial charge on any atom is 0.275 e. The second-order valence-corrected chi connectivity index (χ2v) is 8.22. The zero-order valence-corrected chi connectivity index (χ0v) is 18.1. The van der Waals surface area contributed by atoms with E-state index < -0.39 is 0 Å². The molecule has 2 saturated heterocycles. The standard InChI is InChI=1S/C20H26N6O4.ClH/c21-11-15-22-14(12-30-15)18(28)25-5-3-20(4-6-25)2-1-13-16(20)23-19(24-17(13)27)26-7-9-29-10-8-26;/h12H,1-11,21H2,(H,23,24,27);1H. The number of ether oxygens (including phenoxy) is 1. The number of fused-ring (bicyclic) bond motifs is 2. The molecule has 5 rings (SSSR count). The first-order valence-corrected chi connectivity index (χ1v) is 10.5. The van der Waals surface area contributed by atoms with E-state index in [4.69, 9.17) is 19.9 Å². The normalized spacial score (nSPS) is 19.9. The highest BCUT2D eigenvalue weighted by Gasteiger charge is 2.45. The molecule has 2 fully saturated rings. The van der Waals surface area contributed by atoms with Gasteiger partial charge in [0.15, 0.2) is 5.69 Å². The number of nitrogens with zero attached hydrogens (tertiary/aromatic N) is 4. The summed E-state index contributed by atoms with van der Waals surface area (Å²) in [6.07, 6.45) is 4.57. The van der Waals surface area contributed by atoms with Gasteiger partial charge in [0.1, 0.15) is 6.26 Å². The third-order valence-corrected chi connectivity index (χ3v) is 6.62. The number of nitrogens with one attached hydrogen (secondary N) is 1. The highest BCUT2D eigenvalue weighted by molar-refractivity contribution is 5.92. The Balaban J connectivity index is 0.00000231. The molecule has 2 aromatic heterocycles. The van der Waals surface area contributed by atoms with Crippen LogP contribution in [0.3, 0.4) is 0 Å². The Labute approximate surface area is 185 Å². The highest BCUT2D eigenvalue weighted by Crippen LogP contribution is 2.44. The number of carbonyl (C=O) groups is 1. The van der Waals surface area contributed by atoms with Gasteiger partial charge in [0.05, 0.1) is 25.5 Å². The number of halogens is 1. The van der Waals surface area contributed by atoms with Gasteiger partial charge in [0, 0.05) is 37.2 Å². The fourth-order valence-electron chi connectivity index (χ4n) is 4.85. The lowest BCUT2D eigenvalue weighted by atomic mass is 9.76. The van der Waals surface area contributed by atoms with Crippen molar-refractivity contribution < 1.29 is 13.9 Å². The number of rotatable bonds is 3. The molecule has 0 unspecified atom stereocenters. The Kier molecular flexibility index (Phi) is 6.05. The van der Waals surface area contributed by atoms with E-state index in [1.807, 2.05) is 0 Å². The Morgan fingerprint density at radius 1 is 1.16 bits per heavy atom. The molecule has 0 radical (unpaired) electrons. The topological polar surface area (TPSA) is 131 Å². The average Bonchev–Trinajstić information content (AvgIpc) is 3.40. The number of amides is 1. The van der Waals surface area contributed by atoms with Crippen molar-refractivity contribution >= 4 is 24.3 Å². The van der Waals surface area contributed by atoms with Crippen LogP contribution in [0.5, 0.6) is 0 Å². The van der Waals surface area contributed by atoms with Crippen LogP contribution in [-0.4, -0.2) is 65.2 Å². The molecular formula is C20H27ClN6O4. The molecule has 3 aliphatic rings. The smallest absolute Gasteiger partial charge is 0.275 e. The molecule has 3 N–H and O–H groups in total. The van der Waals surface area contributed by atoms with Gasteiger partial charge >= 0.3 is 0 Å². The summed E-state index contributed by atoms with van der Waals surface area (Å²) >= 11 is 0. The van der Waals surface area contributed by atoms with Crippen LogP contribution >= 0.6 is 12.4 Å². The van der Waals surface area contributed by atoms with E-state index in [9.17, 15) is 9.59 Å². The van der Waals surface area contributed by atoms with Crippen molar-refractivity contribution in [3.05, 3.63) is 39.5 Å². The van der Waals surface area contributed by atoms with E-state index in [1.165, 1.54) is 6.26 Å². The monoisotopic (exact) mass is 450 g/mol. The Morgan fingerprint density at radius 2 is 1.90 bits per heavy atom. The molecule has 1 spiro atoms. The summed E-state index contributed by atoms with van der Waals surface area (Å²) in [7, 11) is 0. The molecular weight excluding hydrogens is 424 g/mol. The predicted octanol–water partition coefficient (Wildman–Crippen LogP) is 0.595. The van der Waals surface area contributed by atoms with Gasteiger partial charge in [-0.3, -0.25) is 14.6 Å². The third-order valence-electron chi connectivity index (χ3n) is 6.62. The van der Waals surface area contributed by atoms with Crippen molar-refractivity contribution in [2.24, 2.45) is 5.73 Å². The Bertz CT molecular complexity index is 1010. The van der Waals surface area contributed by atoms with Crippen LogP contribution in [0, 0.1) is 0 Å². The molecule has 0 atom stereocenters. The molecule has 31 heavy (non-hydrogen) atoms. The van der Waals surface area contributed by atoms with Crippen molar-refractivity contribution in [2.75, 3.05) is 44.3 Å². The Morgan fingerprint density at radius 3 is 2.58 bits per heavy atom. The number of likely N-dealkylation sites (tertiary alicyclic amines) is 1. The number of nitrogens with two attached hydrogens (primary N) is 1. The highest BCUT2D eigenvalue weighted by atomic mass is 35.5. The molecule has 0 saturated carbocycles. The molecule has 2 aliphatic heterocycles. The largest absolute Gasteiger partial charge is 0.447 e. The fraction of sp³-hybridized carbons (Fsp3) is 0.600. The summed E-state index contributed by atoms with van der Waals surface area (Å²) in [4.78, 5) is 41.4. The summed E-state index contributed by atoms with van der Waals surface area (Å²) in [6, 6.07) is 0. The summed E-state index contributed by atoms with van der Waals surface area (Å²) < 4.78 is 10.6. The van der Waals surface area contributed by atoms with E-state index >= 15 is 0 Å². The minimum absolute atomic E-state index is 0. The molecule has 11 heteroatoms. The van der Waals surface area contributed by atoms with Crippen molar-refractivity contribution in [3.8, 4) is 0 Å². The number of anilines is 1. The zero-order chi connectivity index (χ0) is 20.7. The van der Waals surface area contributed by atoms with Crippen molar-refractivity contribution in [3.63, 3.8) is 0 Å². The van der Waals surface area contributed by atoms with Gasteiger partial charge in [0.25, 0.3) is 11.5 Å². The van der Waals surface area contributed by atoms with E-state index in [0.717, 1.165) is 50.0 Å². The Hall–Kier alpha value is -2.43. The van der Waals surface area contributed by atoms with E-state index in [0.29, 0.717) is 43.8 Å². The van der Waals surface area contributed by atoms with Crippen molar-refractivity contribution in [1.82, 2.24) is 19.9 Å². The van der Waals surface area contributed by atoms with Crippen LogP contribution in [0.15, 0.2) is 15.5 Å². The first-order chi connectivity index (χ1) is 14.6.